The number of urea groups is 1. The average Bonchev–Trinajstić information content (AvgIpc) is 3.14. The molecule has 0 aromatic heterocycles. The van der Waals surface area contributed by atoms with Crippen LogP contribution in [0.5, 0.6) is 0 Å². The van der Waals surface area contributed by atoms with E-state index in [2.05, 4.69) is 5.32 Å². The van der Waals surface area contributed by atoms with Crippen LogP contribution in [-0.2, 0) is 19.1 Å². The predicted molar refractivity (Wildman–Crippen MR) is 124 cm³/mol. The van der Waals surface area contributed by atoms with E-state index in [4.69, 9.17) is 4.74 Å². The van der Waals surface area contributed by atoms with Gasteiger partial charge in [-0.1, -0.05) is 29.8 Å². The van der Waals surface area contributed by atoms with Gasteiger partial charge in [0.1, 0.15) is 6.54 Å². The molecule has 1 aromatic carbocycles. The monoisotopic (exact) mass is 468 g/mol. The molecule has 182 valence electrons. The van der Waals surface area contributed by atoms with Gasteiger partial charge >= 0.3 is 12.0 Å². The van der Waals surface area contributed by atoms with Gasteiger partial charge in [-0.3, -0.25) is 19.3 Å². The van der Waals surface area contributed by atoms with Crippen molar-refractivity contribution < 1.29 is 23.9 Å². The van der Waals surface area contributed by atoms with Crippen LogP contribution in [0.3, 0.4) is 0 Å². The Bertz CT molecular complexity index is 1030. The molecule has 0 spiro atoms. The second kappa shape index (κ2) is 9.87. The Morgan fingerprint density at radius 1 is 1.15 bits per heavy atom. The van der Waals surface area contributed by atoms with E-state index in [9.17, 15) is 19.2 Å². The number of nitrogens with zero attached hydrogens (tertiary/aromatic N) is 3. The molecule has 4 rings (SSSR count). The largest absolute Gasteiger partial charge is 0.466 e. The van der Waals surface area contributed by atoms with Crippen molar-refractivity contribution >= 4 is 23.8 Å². The van der Waals surface area contributed by atoms with Gasteiger partial charge in [-0.2, -0.15) is 0 Å². The first-order valence-corrected chi connectivity index (χ1v) is 11.9. The maximum atomic E-state index is 13.5. The molecule has 1 atom stereocenters. The van der Waals surface area contributed by atoms with E-state index < -0.39 is 6.04 Å². The number of benzene rings is 1. The molecule has 3 heterocycles. The quantitative estimate of drug-likeness (QED) is 0.644. The summed E-state index contributed by atoms with van der Waals surface area (Å²) in [5.74, 6) is -0.767. The number of piperidine rings is 1. The van der Waals surface area contributed by atoms with Crippen molar-refractivity contribution in [3.05, 3.63) is 46.7 Å². The van der Waals surface area contributed by atoms with E-state index in [1.165, 1.54) is 4.90 Å². The Balaban J connectivity index is 1.47. The Hall–Kier alpha value is -3.36. The van der Waals surface area contributed by atoms with Crippen LogP contribution in [0, 0.1) is 12.8 Å². The highest BCUT2D eigenvalue weighted by Crippen LogP contribution is 2.36. The fraction of sp³-hybridized carbons (Fsp3) is 0.520. The molecule has 9 nitrogen and oxygen atoms in total. The van der Waals surface area contributed by atoms with Crippen LogP contribution in [0.4, 0.5) is 4.79 Å². The predicted octanol–water partition coefficient (Wildman–Crippen LogP) is 1.98. The number of ether oxygens (including phenoxy) is 1. The fourth-order valence-corrected chi connectivity index (χ4v) is 5.00. The number of likely N-dealkylation sites (tertiary alicyclic amines) is 1. The maximum absolute atomic E-state index is 13.5. The van der Waals surface area contributed by atoms with Crippen molar-refractivity contribution in [3.63, 3.8) is 0 Å². The number of hydrogen-bond donors (Lipinski definition) is 1. The third kappa shape index (κ3) is 4.51. The summed E-state index contributed by atoms with van der Waals surface area (Å²) in [7, 11) is 0. The van der Waals surface area contributed by atoms with Gasteiger partial charge in [-0.05, 0) is 39.2 Å². The lowest BCUT2D eigenvalue weighted by atomic mass is 9.94. The summed E-state index contributed by atoms with van der Waals surface area (Å²) in [6.07, 6.45) is 1.12. The molecule has 1 aromatic rings. The molecule has 1 fully saturated rings. The lowest BCUT2D eigenvalue weighted by Crippen LogP contribution is -2.47. The van der Waals surface area contributed by atoms with Crippen molar-refractivity contribution in [1.82, 2.24) is 20.0 Å². The van der Waals surface area contributed by atoms with Gasteiger partial charge in [0.05, 0.1) is 36.4 Å². The lowest BCUT2D eigenvalue weighted by Gasteiger charge is -2.33. The van der Waals surface area contributed by atoms with Crippen molar-refractivity contribution in [2.75, 3.05) is 39.3 Å². The molecule has 9 heteroatoms. The number of carbonyl (C=O) groups excluding carboxylic acids is 4. The van der Waals surface area contributed by atoms with Gasteiger partial charge < -0.3 is 19.9 Å². The number of likely N-dealkylation sites (N-methyl/N-ethyl adjacent to an activating group) is 1. The van der Waals surface area contributed by atoms with Crippen LogP contribution < -0.4 is 5.32 Å². The summed E-state index contributed by atoms with van der Waals surface area (Å²) in [6, 6.07) is 6.95. The SMILES string of the molecule is CCOC(=O)C1CCN(C(=O)CN2CC3=C(C2=O)C(c2cccc(C)c2)NC(=O)N3CC)CC1. The highest BCUT2D eigenvalue weighted by Gasteiger charge is 2.44. The van der Waals surface area contributed by atoms with Crippen LogP contribution in [0.2, 0.25) is 0 Å². The summed E-state index contributed by atoms with van der Waals surface area (Å²) in [6.45, 7) is 7.49. The first kappa shape index (κ1) is 23.8. The molecule has 1 N–H and O–H groups in total. The summed E-state index contributed by atoms with van der Waals surface area (Å²) < 4.78 is 5.10. The fourth-order valence-electron chi connectivity index (χ4n) is 5.00. The van der Waals surface area contributed by atoms with E-state index in [0.717, 1.165) is 11.1 Å². The zero-order valence-corrected chi connectivity index (χ0v) is 20.0. The van der Waals surface area contributed by atoms with Crippen molar-refractivity contribution in [2.24, 2.45) is 5.92 Å². The van der Waals surface area contributed by atoms with E-state index in [-0.39, 0.29) is 42.8 Å². The second-order valence-electron chi connectivity index (χ2n) is 8.97. The molecule has 1 unspecified atom stereocenters. The summed E-state index contributed by atoms with van der Waals surface area (Å²) in [5, 5.41) is 2.97. The first-order chi connectivity index (χ1) is 16.3. The summed E-state index contributed by atoms with van der Waals surface area (Å²) >= 11 is 0. The minimum atomic E-state index is -0.543. The zero-order valence-electron chi connectivity index (χ0n) is 20.0. The standard InChI is InChI=1S/C25H32N4O5/c1-4-29-19-14-28(15-20(30)27-11-9-17(10-12-27)24(32)34-5-2)23(31)21(19)22(26-25(29)33)18-8-6-7-16(3)13-18/h6-8,13,17,22H,4-5,9-12,14-15H2,1-3H3,(H,26,33). The molecule has 34 heavy (non-hydrogen) atoms. The molecule has 3 aliphatic heterocycles. The normalized spacial score (nSPS) is 21.0. The molecule has 0 saturated carbocycles. The first-order valence-electron chi connectivity index (χ1n) is 11.9. The summed E-state index contributed by atoms with van der Waals surface area (Å²) in [4.78, 5) is 56.1. The van der Waals surface area contributed by atoms with Gasteiger partial charge in [0.2, 0.25) is 5.91 Å². The van der Waals surface area contributed by atoms with Gasteiger partial charge in [0, 0.05) is 19.6 Å². The molecule has 0 radical (unpaired) electrons. The van der Waals surface area contributed by atoms with E-state index in [1.54, 1.807) is 16.7 Å². The third-order valence-corrected chi connectivity index (χ3v) is 6.78. The number of aryl methyl sites for hydroxylation is 1. The van der Waals surface area contributed by atoms with Gasteiger partial charge in [-0.15, -0.1) is 0 Å². The highest BCUT2D eigenvalue weighted by molar-refractivity contribution is 6.03. The maximum Gasteiger partial charge on any atom is 0.322 e. The average molecular weight is 469 g/mol. The number of nitrogens with one attached hydrogen (secondary N) is 1. The number of esters is 1. The van der Waals surface area contributed by atoms with Gasteiger partial charge in [0.25, 0.3) is 5.91 Å². The molecule has 0 bridgehead atoms. The molecule has 4 amide bonds. The lowest BCUT2D eigenvalue weighted by molar-refractivity contribution is -0.151. The van der Waals surface area contributed by atoms with Crippen molar-refractivity contribution in [1.29, 1.82) is 0 Å². The Labute approximate surface area is 199 Å². The van der Waals surface area contributed by atoms with E-state index >= 15 is 0 Å². The van der Waals surface area contributed by atoms with E-state index in [1.807, 2.05) is 38.1 Å². The minimum absolute atomic E-state index is 0.0534. The van der Waals surface area contributed by atoms with Crippen LogP contribution in [0.25, 0.3) is 0 Å². The molecule has 0 aliphatic carbocycles. The second-order valence-corrected chi connectivity index (χ2v) is 8.97. The van der Waals surface area contributed by atoms with Gasteiger partial charge in [-0.25, -0.2) is 4.79 Å². The van der Waals surface area contributed by atoms with Crippen LogP contribution >= 0.6 is 0 Å². The Morgan fingerprint density at radius 3 is 2.53 bits per heavy atom. The number of hydrogen-bond acceptors (Lipinski definition) is 5. The number of amides is 4. The van der Waals surface area contributed by atoms with Gasteiger partial charge in [0.15, 0.2) is 0 Å². The smallest absolute Gasteiger partial charge is 0.322 e. The van der Waals surface area contributed by atoms with Crippen molar-refractivity contribution in [3.8, 4) is 0 Å². The van der Waals surface area contributed by atoms with Crippen LogP contribution in [0.1, 0.15) is 43.9 Å². The molecule has 1 saturated heterocycles. The molecule has 3 aliphatic rings. The van der Waals surface area contributed by atoms with Crippen LogP contribution in [-0.4, -0.2) is 77.8 Å². The van der Waals surface area contributed by atoms with E-state index in [0.29, 0.717) is 50.4 Å². The third-order valence-electron chi connectivity index (χ3n) is 6.78. The molecular weight excluding hydrogens is 436 g/mol. The zero-order chi connectivity index (χ0) is 24.4. The Kier molecular flexibility index (Phi) is 6.90. The number of rotatable bonds is 6. The van der Waals surface area contributed by atoms with Crippen molar-refractivity contribution in [2.45, 2.75) is 39.7 Å². The number of carbonyl (C=O) groups is 4. The van der Waals surface area contributed by atoms with Crippen LogP contribution in [0.15, 0.2) is 35.5 Å². The summed E-state index contributed by atoms with van der Waals surface area (Å²) in [5.41, 5.74) is 3.08. The minimum Gasteiger partial charge on any atom is -0.466 e. The Morgan fingerprint density at radius 2 is 1.88 bits per heavy atom. The highest BCUT2D eigenvalue weighted by atomic mass is 16.5. The molecular formula is C25H32N4O5. The topological polar surface area (TPSA) is 99.3 Å².